The van der Waals surface area contributed by atoms with Crippen LogP contribution in [0.1, 0.15) is 45.6 Å². The number of hydrogen-bond acceptors (Lipinski definition) is 4. The third-order valence-electron chi connectivity index (χ3n) is 4.04. The zero-order valence-electron chi connectivity index (χ0n) is 13.0. The van der Waals surface area contributed by atoms with Crippen molar-refractivity contribution in [3.8, 4) is 0 Å². The van der Waals surface area contributed by atoms with E-state index in [1.807, 2.05) is 6.07 Å². The average molecular weight is 311 g/mol. The van der Waals surface area contributed by atoms with E-state index < -0.39 is 10.0 Å². The van der Waals surface area contributed by atoms with Crippen molar-refractivity contribution in [2.45, 2.75) is 57.6 Å². The molecule has 0 amide bonds. The summed E-state index contributed by atoms with van der Waals surface area (Å²) in [5.41, 5.74) is 1.10. The molecule has 118 valence electrons. The highest BCUT2D eigenvalue weighted by Gasteiger charge is 2.33. The van der Waals surface area contributed by atoms with Gasteiger partial charge in [0.25, 0.3) is 10.0 Å². The van der Waals surface area contributed by atoms with Crippen LogP contribution in [-0.2, 0) is 16.6 Å². The highest BCUT2D eigenvalue weighted by molar-refractivity contribution is 7.89. The normalized spacial score (nSPS) is 17.7. The lowest BCUT2D eigenvalue weighted by molar-refractivity contribution is 0.166. The van der Waals surface area contributed by atoms with Crippen molar-refractivity contribution >= 4 is 10.0 Å². The van der Waals surface area contributed by atoms with Gasteiger partial charge in [-0.3, -0.25) is 0 Å². The SMILES string of the molecule is CC(C)NCc1ccc(S(=O)(=O)NCC2(C)CCC2)nc1. The topological polar surface area (TPSA) is 71.1 Å². The zero-order valence-corrected chi connectivity index (χ0v) is 13.8. The second-order valence-electron chi connectivity index (χ2n) is 6.53. The molecule has 1 fully saturated rings. The van der Waals surface area contributed by atoms with Gasteiger partial charge in [-0.05, 0) is 29.9 Å². The fourth-order valence-electron chi connectivity index (χ4n) is 2.30. The first-order valence-electron chi connectivity index (χ1n) is 7.49. The lowest BCUT2D eigenvalue weighted by atomic mass is 9.71. The molecule has 6 heteroatoms. The molecule has 1 aromatic rings. The van der Waals surface area contributed by atoms with Gasteiger partial charge in [-0.2, -0.15) is 0 Å². The average Bonchev–Trinajstić information content (AvgIpc) is 2.41. The van der Waals surface area contributed by atoms with E-state index in [0.717, 1.165) is 18.4 Å². The molecule has 0 radical (unpaired) electrons. The molecule has 5 nitrogen and oxygen atoms in total. The van der Waals surface area contributed by atoms with Crippen molar-refractivity contribution in [2.24, 2.45) is 5.41 Å². The summed E-state index contributed by atoms with van der Waals surface area (Å²) in [4.78, 5) is 4.08. The Morgan fingerprint density at radius 3 is 2.52 bits per heavy atom. The van der Waals surface area contributed by atoms with E-state index in [1.165, 1.54) is 6.42 Å². The maximum atomic E-state index is 12.2. The van der Waals surface area contributed by atoms with Crippen LogP contribution in [-0.4, -0.2) is 26.0 Å². The van der Waals surface area contributed by atoms with E-state index in [9.17, 15) is 8.42 Å². The summed E-state index contributed by atoms with van der Waals surface area (Å²) in [6.07, 6.45) is 4.98. The lowest BCUT2D eigenvalue weighted by Crippen LogP contribution is -2.40. The van der Waals surface area contributed by atoms with E-state index in [1.54, 1.807) is 12.3 Å². The Bertz CT molecular complexity index is 563. The number of rotatable bonds is 7. The summed E-state index contributed by atoms with van der Waals surface area (Å²) in [7, 11) is -3.50. The van der Waals surface area contributed by atoms with Gasteiger partial charge in [0, 0.05) is 25.3 Å². The zero-order chi connectivity index (χ0) is 15.5. The van der Waals surface area contributed by atoms with Crippen LogP contribution in [0.4, 0.5) is 0 Å². The predicted molar refractivity (Wildman–Crippen MR) is 83.4 cm³/mol. The summed E-state index contributed by atoms with van der Waals surface area (Å²) in [5.74, 6) is 0. The first-order chi connectivity index (χ1) is 9.81. The highest BCUT2D eigenvalue weighted by atomic mass is 32.2. The van der Waals surface area contributed by atoms with Gasteiger partial charge in [0.15, 0.2) is 5.03 Å². The summed E-state index contributed by atoms with van der Waals surface area (Å²) in [6.45, 7) is 7.44. The molecule has 0 aromatic carbocycles. The molecule has 1 aliphatic carbocycles. The third kappa shape index (κ3) is 4.49. The highest BCUT2D eigenvalue weighted by Crippen LogP contribution is 2.39. The standard InChI is InChI=1S/C15H25N3O2S/c1-12(2)16-9-13-5-6-14(17-10-13)21(19,20)18-11-15(3)7-4-8-15/h5-6,10,12,16,18H,4,7-9,11H2,1-3H3. The Hall–Kier alpha value is -0.980. The van der Waals surface area contributed by atoms with Gasteiger partial charge < -0.3 is 5.32 Å². The molecule has 1 aliphatic rings. The summed E-state index contributed by atoms with van der Waals surface area (Å²) in [5, 5.41) is 3.37. The molecular formula is C15H25N3O2S. The van der Waals surface area contributed by atoms with Crippen LogP contribution in [0.25, 0.3) is 0 Å². The molecule has 1 saturated carbocycles. The Labute approximate surface area is 127 Å². The molecule has 1 aromatic heterocycles. The minimum absolute atomic E-state index is 0.0960. The summed E-state index contributed by atoms with van der Waals surface area (Å²) >= 11 is 0. The number of sulfonamides is 1. The van der Waals surface area contributed by atoms with Crippen LogP contribution >= 0.6 is 0 Å². The van der Waals surface area contributed by atoms with Crippen molar-refractivity contribution < 1.29 is 8.42 Å². The molecule has 0 unspecified atom stereocenters. The van der Waals surface area contributed by atoms with Crippen LogP contribution in [0.2, 0.25) is 0 Å². The summed E-state index contributed by atoms with van der Waals surface area (Å²) < 4.78 is 27.1. The Morgan fingerprint density at radius 1 is 1.33 bits per heavy atom. The minimum atomic E-state index is -3.50. The molecular weight excluding hydrogens is 286 g/mol. The molecule has 1 heterocycles. The summed E-state index contributed by atoms with van der Waals surface area (Å²) in [6, 6.07) is 3.77. The Balaban J connectivity index is 1.96. The van der Waals surface area contributed by atoms with E-state index >= 15 is 0 Å². The van der Waals surface area contributed by atoms with E-state index in [-0.39, 0.29) is 10.4 Å². The minimum Gasteiger partial charge on any atom is -0.310 e. The smallest absolute Gasteiger partial charge is 0.258 e. The molecule has 2 N–H and O–H groups in total. The quantitative estimate of drug-likeness (QED) is 0.808. The van der Waals surface area contributed by atoms with Crippen molar-refractivity contribution in [3.63, 3.8) is 0 Å². The van der Waals surface area contributed by atoms with Crippen molar-refractivity contribution in [2.75, 3.05) is 6.54 Å². The van der Waals surface area contributed by atoms with Crippen LogP contribution in [0.3, 0.4) is 0 Å². The van der Waals surface area contributed by atoms with Gasteiger partial charge in [0.05, 0.1) is 0 Å². The van der Waals surface area contributed by atoms with E-state index in [4.69, 9.17) is 0 Å². The fourth-order valence-corrected chi connectivity index (χ4v) is 3.42. The van der Waals surface area contributed by atoms with Gasteiger partial charge in [0.1, 0.15) is 0 Å². The lowest BCUT2D eigenvalue weighted by Gasteiger charge is -2.38. The first kappa shape index (κ1) is 16.4. The van der Waals surface area contributed by atoms with Crippen LogP contribution < -0.4 is 10.0 Å². The predicted octanol–water partition coefficient (Wildman–Crippen LogP) is 2.05. The number of nitrogens with one attached hydrogen (secondary N) is 2. The molecule has 0 aliphatic heterocycles. The molecule has 0 saturated heterocycles. The molecule has 21 heavy (non-hydrogen) atoms. The maximum absolute atomic E-state index is 12.2. The van der Waals surface area contributed by atoms with Gasteiger partial charge in [-0.1, -0.05) is 33.3 Å². The first-order valence-corrected chi connectivity index (χ1v) is 8.97. The second kappa shape index (κ2) is 6.42. The van der Waals surface area contributed by atoms with Crippen LogP contribution in [0.5, 0.6) is 0 Å². The molecule has 0 bridgehead atoms. The maximum Gasteiger partial charge on any atom is 0.258 e. The van der Waals surface area contributed by atoms with E-state index in [2.05, 4.69) is 35.8 Å². The largest absolute Gasteiger partial charge is 0.310 e. The van der Waals surface area contributed by atoms with Gasteiger partial charge in [-0.25, -0.2) is 18.1 Å². The molecule has 0 spiro atoms. The van der Waals surface area contributed by atoms with Crippen LogP contribution in [0, 0.1) is 5.41 Å². The van der Waals surface area contributed by atoms with Crippen LogP contribution in [0.15, 0.2) is 23.4 Å². The third-order valence-corrected chi connectivity index (χ3v) is 5.35. The van der Waals surface area contributed by atoms with Gasteiger partial charge in [-0.15, -0.1) is 0 Å². The fraction of sp³-hybridized carbons (Fsp3) is 0.667. The number of pyridine rings is 1. The molecule has 2 rings (SSSR count). The van der Waals surface area contributed by atoms with Crippen molar-refractivity contribution in [1.82, 2.24) is 15.0 Å². The van der Waals surface area contributed by atoms with Gasteiger partial charge in [0.2, 0.25) is 0 Å². The van der Waals surface area contributed by atoms with Crippen molar-refractivity contribution in [3.05, 3.63) is 23.9 Å². The number of hydrogen-bond donors (Lipinski definition) is 2. The monoisotopic (exact) mass is 311 g/mol. The van der Waals surface area contributed by atoms with Crippen molar-refractivity contribution in [1.29, 1.82) is 0 Å². The number of nitrogens with zero attached hydrogens (tertiary/aromatic N) is 1. The Kier molecular flexibility index (Phi) is 5.01. The number of aromatic nitrogens is 1. The van der Waals surface area contributed by atoms with Gasteiger partial charge >= 0.3 is 0 Å². The second-order valence-corrected chi connectivity index (χ2v) is 8.24. The Morgan fingerprint density at radius 2 is 2.05 bits per heavy atom. The van der Waals surface area contributed by atoms with E-state index in [0.29, 0.717) is 19.1 Å². The molecule has 0 atom stereocenters.